The molecule has 2 heterocycles. The minimum atomic E-state index is -0.473. The van der Waals surface area contributed by atoms with Gasteiger partial charge in [0.1, 0.15) is 18.0 Å². The lowest BCUT2D eigenvalue weighted by atomic mass is 10.0. The van der Waals surface area contributed by atoms with E-state index < -0.39 is 12.0 Å². The summed E-state index contributed by atoms with van der Waals surface area (Å²) in [6.45, 7) is 3.47. The van der Waals surface area contributed by atoms with Gasteiger partial charge < -0.3 is 19.2 Å². The molecule has 3 rings (SSSR count). The number of carbonyl (C=O) groups excluding carboxylic acids is 2. The Labute approximate surface area is 163 Å². The number of methoxy groups -OCH3 is 1. The topological polar surface area (TPSA) is 81.9 Å². The summed E-state index contributed by atoms with van der Waals surface area (Å²) in [5, 5.41) is 2.79. The smallest absolute Gasteiger partial charge is 0.308 e. The Balaban J connectivity index is 1.65. The van der Waals surface area contributed by atoms with Crippen molar-refractivity contribution in [3.63, 3.8) is 0 Å². The van der Waals surface area contributed by atoms with Crippen molar-refractivity contribution in [2.24, 2.45) is 0 Å². The van der Waals surface area contributed by atoms with Gasteiger partial charge in [0.15, 0.2) is 0 Å². The number of nitrogens with zero attached hydrogens (tertiary/aromatic N) is 2. The lowest BCUT2D eigenvalue weighted by molar-refractivity contribution is -0.145. The summed E-state index contributed by atoms with van der Waals surface area (Å²) in [4.78, 5) is 28.4. The molecule has 0 aliphatic carbocycles. The Morgan fingerprint density at radius 1 is 1.21 bits per heavy atom. The maximum Gasteiger partial charge on any atom is 0.308 e. The number of carbonyl (C=O) groups is 2. The molecule has 1 unspecified atom stereocenters. The van der Waals surface area contributed by atoms with E-state index in [0.29, 0.717) is 11.4 Å². The highest BCUT2D eigenvalue weighted by Crippen LogP contribution is 2.21. The van der Waals surface area contributed by atoms with Crippen LogP contribution in [0.15, 0.2) is 48.8 Å². The van der Waals surface area contributed by atoms with Crippen LogP contribution < -0.4 is 10.1 Å². The first-order valence-corrected chi connectivity index (χ1v) is 8.96. The van der Waals surface area contributed by atoms with Gasteiger partial charge in [0.25, 0.3) is 0 Å². The van der Waals surface area contributed by atoms with Crippen LogP contribution in [0.2, 0.25) is 0 Å². The van der Waals surface area contributed by atoms with Crippen molar-refractivity contribution in [1.29, 1.82) is 0 Å². The predicted octanol–water partition coefficient (Wildman–Crippen LogP) is 2.96. The molecule has 0 radical (unpaired) electrons. The van der Waals surface area contributed by atoms with Gasteiger partial charge in [-0.05, 0) is 36.2 Å². The number of imidazole rings is 1. The van der Waals surface area contributed by atoms with Crippen LogP contribution in [0.3, 0.4) is 0 Å². The van der Waals surface area contributed by atoms with Gasteiger partial charge in [-0.15, -0.1) is 0 Å². The molecule has 0 aliphatic heterocycles. The molecule has 2 aromatic heterocycles. The lowest BCUT2D eigenvalue weighted by Gasteiger charge is -2.18. The van der Waals surface area contributed by atoms with Crippen LogP contribution in [-0.2, 0) is 20.9 Å². The highest BCUT2D eigenvalue weighted by atomic mass is 16.5. The van der Waals surface area contributed by atoms with Crippen LogP contribution >= 0.6 is 0 Å². The maximum atomic E-state index is 12.4. The zero-order valence-corrected chi connectivity index (χ0v) is 16.1. The van der Waals surface area contributed by atoms with E-state index >= 15 is 0 Å². The Kier molecular flexibility index (Phi) is 5.93. The van der Waals surface area contributed by atoms with Crippen LogP contribution in [0.1, 0.15) is 36.2 Å². The van der Waals surface area contributed by atoms with Gasteiger partial charge in [-0.3, -0.25) is 9.59 Å². The normalized spacial score (nSPS) is 11.8. The van der Waals surface area contributed by atoms with Gasteiger partial charge in [-0.2, -0.15) is 0 Å². The number of benzene rings is 1. The lowest BCUT2D eigenvalue weighted by Crippen LogP contribution is -2.28. The minimum Gasteiger partial charge on any atom is -0.497 e. The van der Waals surface area contributed by atoms with Crippen molar-refractivity contribution < 1.29 is 19.1 Å². The molecule has 0 aliphatic rings. The molecule has 0 spiro atoms. The zero-order valence-electron chi connectivity index (χ0n) is 16.1. The summed E-state index contributed by atoms with van der Waals surface area (Å²) >= 11 is 0. The quantitative estimate of drug-likeness (QED) is 0.637. The third-order valence-corrected chi connectivity index (χ3v) is 4.38. The molecule has 7 nitrogen and oxygen atoms in total. The van der Waals surface area contributed by atoms with Gasteiger partial charge in [-0.1, -0.05) is 18.2 Å². The first-order chi connectivity index (χ1) is 13.5. The second-order valence-electron chi connectivity index (χ2n) is 6.55. The maximum absolute atomic E-state index is 12.4. The summed E-state index contributed by atoms with van der Waals surface area (Å²) in [5.41, 5.74) is 3.35. The van der Waals surface area contributed by atoms with Gasteiger partial charge in [0.05, 0.1) is 25.3 Å². The molecule has 0 fully saturated rings. The number of ether oxygens (including phenoxy) is 2. The third-order valence-electron chi connectivity index (χ3n) is 4.38. The van der Waals surface area contributed by atoms with E-state index in [0.717, 1.165) is 16.8 Å². The summed E-state index contributed by atoms with van der Waals surface area (Å²) in [6.07, 6.45) is 3.76. The van der Waals surface area contributed by atoms with Crippen molar-refractivity contribution >= 4 is 17.5 Å². The summed E-state index contributed by atoms with van der Waals surface area (Å²) < 4.78 is 12.4. The van der Waals surface area contributed by atoms with E-state index in [-0.39, 0.29) is 18.9 Å². The van der Waals surface area contributed by atoms with Crippen molar-refractivity contribution in [1.82, 2.24) is 14.7 Å². The Bertz CT molecular complexity index is 979. The molecule has 1 aromatic carbocycles. The van der Waals surface area contributed by atoms with Crippen molar-refractivity contribution in [2.75, 3.05) is 7.11 Å². The molecule has 1 atom stereocenters. The van der Waals surface area contributed by atoms with Crippen molar-refractivity contribution in [2.45, 2.75) is 32.9 Å². The molecule has 0 saturated carbocycles. The minimum absolute atomic E-state index is 0.0261. The molecule has 3 aromatic rings. The number of esters is 1. The zero-order chi connectivity index (χ0) is 20.1. The van der Waals surface area contributed by atoms with Crippen LogP contribution in [0.5, 0.6) is 5.75 Å². The number of nitrogens with one attached hydrogen (secondary N) is 1. The van der Waals surface area contributed by atoms with Crippen LogP contribution in [0.25, 0.3) is 5.65 Å². The first kappa shape index (κ1) is 19.4. The fourth-order valence-electron chi connectivity index (χ4n) is 2.99. The molecule has 146 valence electrons. The largest absolute Gasteiger partial charge is 0.497 e. The number of fused-ring (bicyclic) bond motifs is 1. The van der Waals surface area contributed by atoms with Crippen LogP contribution in [0, 0.1) is 6.92 Å². The summed E-state index contributed by atoms with van der Waals surface area (Å²) in [5.74, 6) is 0.0721. The van der Waals surface area contributed by atoms with E-state index in [1.54, 1.807) is 19.2 Å². The number of pyridine rings is 1. The number of hydrogen-bond donors (Lipinski definition) is 1. The first-order valence-electron chi connectivity index (χ1n) is 8.96. The van der Waals surface area contributed by atoms with Gasteiger partial charge in [0, 0.05) is 19.3 Å². The molecular weight excluding hydrogens is 358 g/mol. The summed E-state index contributed by atoms with van der Waals surface area (Å²) in [7, 11) is 1.58. The summed E-state index contributed by atoms with van der Waals surface area (Å²) in [6, 6.07) is 10.6. The molecule has 0 saturated heterocycles. The molecule has 1 N–H and O–H groups in total. The Morgan fingerprint density at radius 3 is 2.61 bits per heavy atom. The van der Waals surface area contributed by atoms with E-state index in [1.807, 2.05) is 48.0 Å². The second kappa shape index (κ2) is 8.56. The second-order valence-corrected chi connectivity index (χ2v) is 6.55. The standard InChI is InChI=1S/C21H23N3O4/c1-14-5-4-10-24-12-17(23-21(14)24)13-28-20(26)11-19(22-15(2)25)16-6-8-18(27-3)9-7-16/h4-10,12,19H,11,13H2,1-3H3,(H,22,25). The SMILES string of the molecule is COc1ccc(C(CC(=O)OCc2cn3cccc(C)c3n2)NC(C)=O)cc1. The monoisotopic (exact) mass is 381 g/mol. The third kappa shape index (κ3) is 4.68. The fraction of sp³-hybridized carbons (Fsp3) is 0.286. The molecule has 1 amide bonds. The average molecular weight is 381 g/mol. The Morgan fingerprint density at radius 2 is 1.96 bits per heavy atom. The number of aromatic nitrogens is 2. The van der Waals surface area contributed by atoms with E-state index in [4.69, 9.17) is 9.47 Å². The Hall–Kier alpha value is -3.35. The van der Waals surface area contributed by atoms with E-state index in [9.17, 15) is 9.59 Å². The molecule has 28 heavy (non-hydrogen) atoms. The molecular formula is C21H23N3O4. The highest BCUT2D eigenvalue weighted by Gasteiger charge is 2.19. The van der Waals surface area contributed by atoms with Gasteiger partial charge in [0.2, 0.25) is 5.91 Å². The van der Waals surface area contributed by atoms with Gasteiger partial charge in [-0.25, -0.2) is 4.98 Å². The number of amides is 1. The number of hydrogen-bond acceptors (Lipinski definition) is 5. The van der Waals surface area contributed by atoms with E-state index in [2.05, 4.69) is 10.3 Å². The van der Waals surface area contributed by atoms with Crippen LogP contribution in [-0.4, -0.2) is 28.4 Å². The van der Waals surface area contributed by atoms with Gasteiger partial charge >= 0.3 is 5.97 Å². The van der Waals surface area contributed by atoms with Crippen LogP contribution in [0.4, 0.5) is 0 Å². The van der Waals surface area contributed by atoms with E-state index in [1.165, 1.54) is 6.92 Å². The van der Waals surface area contributed by atoms with Crippen molar-refractivity contribution in [3.8, 4) is 5.75 Å². The molecule has 7 heteroatoms. The highest BCUT2D eigenvalue weighted by molar-refractivity contribution is 5.76. The average Bonchev–Trinajstić information content (AvgIpc) is 3.10. The molecule has 0 bridgehead atoms. The van der Waals surface area contributed by atoms with Crippen molar-refractivity contribution in [3.05, 3.63) is 65.6 Å². The fourth-order valence-corrected chi connectivity index (χ4v) is 2.99. The number of aryl methyl sites for hydroxylation is 1. The number of rotatable bonds is 7. The predicted molar refractivity (Wildman–Crippen MR) is 104 cm³/mol.